The van der Waals surface area contributed by atoms with Crippen molar-refractivity contribution in [3.8, 4) is 0 Å². The highest BCUT2D eigenvalue weighted by molar-refractivity contribution is 6.02. The molecule has 2 heteroatoms. The maximum atomic E-state index is 11.5. The van der Waals surface area contributed by atoms with Gasteiger partial charge in [-0.05, 0) is 29.4 Å². The molecule has 0 atom stereocenters. The zero-order chi connectivity index (χ0) is 13.1. The van der Waals surface area contributed by atoms with Crippen molar-refractivity contribution in [2.24, 2.45) is 5.92 Å². The molecule has 1 aromatic rings. The Morgan fingerprint density at radius 2 is 1.83 bits per heavy atom. The maximum Gasteiger partial charge on any atom is 0.140 e. The van der Waals surface area contributed by atoms with E-state index in [-0.39, 0.29) is 23.9 Å². The molecule has 0 N–H and O–H groups in total. The first kappa shape index (κ1) is 13.0. The van der Waals surface area contributed by atoms with Crippen molar-refractivity contribution in [2.75, 3.05) is 0 Å². The Kier molecular flexibility index (Phi) is 3.95. The van der Waals surface area contributed by atoms with Gasteiger partial charge in [0.25, 0.3) is 0 Å². The lowest BCUT2D eigenvalue weighted by molar-refractivity contribution is -0.130. The molecular weight excluding hydrogens is 224 g/mol. The molecule has 1 fully saturated rings. The Morgan fingerprint density at radius 3 is 2.44 bits per heavy atom. The van der Waals surface area contributed by atoms with Crippen molar-refractivity contribution in [2.45, 2.75) is 45.4 Å². The van der Waals surface area contributed by atoms with Gasteiger partial charge in [0.2, 0.25) is 0 Å². The summed E-state index contributed by atoms with van der Waals surface area (Å²) in [6, 6.07) is 8.36. The van der Waals surface area contributed by atoms with Crippen LogP contribution in [0.2, 0.25) is 0 Å². The number of Topliss-reactive ketones (excluding diaryl/α,β-unsaturated/α-hetero) is 2. The molecule has 1 saturated carbocycles. The Hall–Kier alpha value is -1.44. The van der Waals surface area contributed by atoms with Gasteiger partial charge < -0.3 is 0 Å². The molecule has 0 spiro atoms. The first-order valence-corrected chi connectivity index (χ1v) is 6.67. The SMILES string of the molecule is CC(C)Cc1cccc(C2CC(=O)CC(=O)C2)c1. The quantitative estimate of drug-likeness (QED) is 0.765. The van der Waals surface area contributed by atoms with Crippen LogP contribution in [0.4, 0.5) is 0 Å². The van der Waals surface area contributed by atoms with E-state index in [0.717, 1.165) is 12.0 Å². The van der Waals surface area contributed by atoms with Crippen LogP contribution >= 0.6 is 0 Å². The van der Waals surface area contributed by atoms with Gasteiger partial charge in [0.15, 0.2) is 0 Å². The van der Waals surface area contributed by atoms with Gasteiger partial charge in [-0.15, -0.1) is 0 Å². The van der Waals surface area contributed by atoms with Crippen LogP contribution in [0.5, 0.6) is 0 Å². The fourth-order valence-electron chi connectivity index (χ4n) is 2.67. The number of carbonyl (C=O) groups excluding carboxylic acids is 2. The molecular formula is C16H20O2. The van der Waals surface area contributed by atoms with Gasteiger partial charge in [-0.3, -0.25) is 9.59 Å². The smallest absolute Gasteiger partial charge is 0.140 e. The molecule has 0 amide bonds. The fraction of sp³-hybridized carbons (Fsp3) is 0.500. The maximum absolute atomic E-state index is 11.5. The first-order chi connectivity index (χ1) is 8.54. The molecule has 2 rings (SSSR count). The van der Waals surface area contributed by atoms with E-state index >= 15 is 0 Å². The number of hydrogen-bond donors (Lipinski definition) is 0. The van der Waals surface area contributed by atoms with Crippen LogP contribution in [-0.4, -0.2) is 11.6 Å². The Morgan fingerprint density at radius 1 is 1.17 bits per heavy atom. The zero-order valence-electron chi connectivity index (χ0n) is 11.1. The summed E-state index contributed by atoms with van der Waals surface area (Å²) in [4.78, 5) is 23.0. The topological polar surface area (TPSA) is 34.1 Å². The van der Waals surface area contributed by atoms with Crippen LogP contribution in [0.15, 0.2) is 24.3 Å². The molecule has 0 heterocycles. The lowest BCUT2D eigenvalue weighted by Gasteiger charge is -2.21. The van der Waals surface area contributed by atoms with Gasteiger partial charge in [0.1, 0.15) is 11.6 Å². The van der Waals surface area contributed by atoms with Crippen molar-refractivity contribution in [1.29, 1.82) is 0 Å². The van der Waals surface area contributed by atoms with Crippen molar-refractivity contribution >= 4 is 11.6 Å². The van der Waals surface area contributed by atoms with E-state index in [1.165, 1.54) is 5.56 Å². The summed E-state index contributed by atoms with van der Waals surface area (Å²) in [5.74, 6) is 0.900. The van der Waals surface area contributed by atoms with Crippen LogP contribution in [0.1, 0.15) is 50.2 Å². The molecule has 1 aliphatic rings. The monoisotopic (exact) mass is 244 g/mol. The van der Waals surface area contributed by atoms with E-state index in [0.29, 0.717) is 18.8 Å². The second kappa shape index (κ2) is 5.47. The van der Waals surface area contributed by atoms with Gasteiger partial charge in [0, 0.05) is 12.8 Å². The summed E-state index contributed by atoms with van der Waals surface area (Å²) in [6.45, 7) is 4.39. The summed E-state index contributed by atoms with van der Waals surface area (Å²) < 4.78 is 0. The number of carbonyl (C=O) groups is 2. The largest absolute Gasteiger partial charge is 0.299 e. The van der Waals surface area contributed by atoms with E-state index < -0.39 is 0 Å². The molecule has 0 saturated heterocycles. The lowest BCUT2D eigenvalue weighted by atomic mass is 9.82. The zero-order valence-corrected chi connectivity index (χ0v) is 11.1. The molecule has 0 bridgehead atoms. The first-order valence-electron chi connectivity index (χ1n) is 6.67. The molecule has 96 valence electrons. The molecule has 1 aromatic carbocycles. The summed E-state index contributed by atoms with van der Waals surface area (Å²) in [7, 11) is 0. The minimum Gasteiger partial charge on any atom is -0.299 e. The number of hydrogen-bond acceptors (Lipinski definition) is 2. The third kappa shape index (κ3) is 3.28. The van der Waals surface area contributed by atoms with Crippen molar-refractivity contribution in [3.63, 3.8) is 0 Å². The van der Waals surface area contributed by atoms with Crippen molar-refractivity contribution < 1.29 is 9.59 Å². The minimum atomic E-state index is 0.0884. The minimum absolute atomic E-state index is 0.0884. The van der Waals surface area contributed by atoms with E-state index in [2.05, 4.69) is 26.0 Å². The second-order valence-electron chi connectivity index (χ2n) is 5.70. The number of benzene rings is 1. The van der Waals surface area contributed by atoms with Crippen LogP contribution in [0.3, 0.4) is 0 Å². The normalized spacial score (nSPS) is 17.5. The lowest BCUT2D eigenvalue weighted by Crippen LogP contribution is -2.21. The van der Waals surface area contributed by atoms with E-state index in [9.17, 15) is 9.59 Å². The van der Waals surface area contributed by atoms with E-state index in [1.54, 1.807) is 0 Å². The van der Waals surface area contributed by atoms with Gasteiger partial charge >= 0.3 is 0 Å². The highest BCUT2D eigenvalue weighted by Crippen LogP contribution is 2.30. The third-order valence-corrected chi connectivity index (χ3v) is 3.41. The van der Waals surface area contributed by atoms with Crippen molar-refractivity contribution in [3.05, 3.63) is 35.4 Å². The highest BCUT2D eigenvalue weighted by Gasteiger charge is 2.26. The Balaban J connectivity index is 2.17. The van der Waals surface area contributed by atoms with Crippen LogP contribution < -0.4 is 0 Å². The molecule has 0 radical (unpaired) electrons. The fourth-order valence-corrected chi connectivity index (χ4v) is 2.67. The number of ketones is 2. The van der Waals surface area contributed by atoms with Gasteiger partial charge in [-0.25, -0.2) is 0 Å². The van der Waals surface area contributed by atoms with Crippen LogP contribution in [0.25, 0.3) is 0 Å². The standard InChI is InChI=1S/C16H20O2/c1-11(2)6-12-4-3-5-13(7-12)14-8-15(17)10-16(18)9-14/h3-5,7,11,14H,6,8-10H2,1-2H3. The molecule has 0 unspecified atom stereocenters. The summed E-state index contributed by atoms with van der Waals surface area (Å²) in [5.41, 5.74) is 2.45. The Bertz CT molecular complexity index is 444. The van der Waals surface area contributed by atoms with Crippen LogP contribution in [0, 0.1) is 5.92 Å². The average molecular weight is 244 g/mol. The van der Waals surface area contributed by atoms with E-state index in [4.69, 9.17) is 0 Å². The predicted molar refractivity (Wildman–Crippen MR) is 71.6 cm³/mol. The average Bonchev–Trinajstić information content (AvgIpc) is 2.27. The van der Waals surface area contributed by atoms with E-state index in [1.807, 2.05) is 12.1 Å². The third-order valence-electron chi connectivity index (χ3n) is 3.41. The highest BCUT2D eigenvalue weighted by atomic mass is 16.1. The molecule has 0 aliphatic heterocycles. The Labute approximate surface area is 108 Å². The predicted octanol–water partition coefficient (Wildman–Crippen LogP) is 3.29. The molecule has 1 aliphatic carbocycles. The molecule has 0 aromatic heterocycles. The van der Waals surface area contributed by atoms with Gasteiger partial charge in [-0.2, -0.15) is 0 Å². The summed E-state index contributed by atoms with van der Waals surface area (Å²) >= 11 is 0. The molecule has 2 nitrogen and oxygen atoms in total. The van der Waals surface area contributed by atoms with Gasteiger partial charge in [0.05, 0.1) is 6.42 Å². The molecule has 18 heavy (non-hydrogen) atoms. The van der Waals surface area contributed by atoms with Crippen molar-refractivity contribution in [1.82, 2.24) is 0 Å². The number of rotatable bonds is 3. The second-order valence-corrected chi connectivity index (χ2v) is 5.70. The summed E-state index contributed by atoms with van der Waals surface area (Å²) in [6.07, 6.45) is 2.23. The van der Waals surface area contributed by atoms with Gasteiger partial charge in [-0.1, -0.05) is 38.1 Å². The summed E-state index contributed by atoms with van der Waals surface area (Å²) in [5, 5.41) is 0. The van der Waals surface area contributed by atoms with Crippen LogP contribution in [-0.2, 0) is 16.0 Å².